The van der Waals surface area contributed by atoms with E-state index in [1.807, 2.05) is 24.3 Å². The van der Waals surface area contributed by atoms with Gasteiger partial charge in [0, 0.05) is 12.0 Å². The van der Waals surface area contributed by atoms with Gasteiger partial charge in [0.05, 0.1) is 20.3 Å². The fourth-order valence-electron chi connectivity index (χ4n) is 1.88. The van der Waals surface area contributed by atoms with Crippen LogP contribution in [0.4, 0.5) is 4.39 Å². The standard InChI is InChI=1S/C16H17FO3/c1-19-15-5-2-12(3-6-15)8-9-20-16-7-4-14(17)10-13(16)11-18/h2-7,10,18H,8-9,11H2,1H3. The second-order valence-electron chi connectivity index (χ2n) is 4.36. The third-order valence-electron chi connectivity index (χ3n) is 3.00. The summed E-state index contributed by atoms with van der Waals surface area (Å²) in [4.78, 5) is 0. The summed E-state index contributed by atoms with van der Waals surface area (Å²) in [5.74, 6) is 0.953. The highest BCUT2D eigenvalue weighted by molar-refractivity contribution is 5.33. The van der Waals surface area contributed by atoms with E-state index in [2.05, 4.69) is 0 Å². The van der Waals surface area contributed by atoms with Gasteiger partial charge in [-0.3, -0.25) is 0 Å². The van der Waals surface area contributed by atoms with Crippen molar-refractivity contribution >= 4 is 0 Å². The van der Waals surface area contributed by atoms with Gasteiger partial charge in [-0.2, -0.15) is 0 Å². The summed E-state index contributed by atoms with van der Waals surface area (Å²) in [6, 6.07) is 11.9. The van der Waals surface area contributed by atoms with Gasteiger partial charge in [-0.25, -0.2) is 4.39 Å². The molecule has 0 heterocycles. The first kappa shape index (κ1) is 14.3. The number of hydrogen-bond donors (Lipinski definition) is 1. The van der Waals surface area contributed by atoms with Gasteiger partial charge < -0.3 is 14.6 Å². The number of benzene rings is 2. The number of halogens is 1. The number of aliphatic hydroxyl groups excluding tert-OH is 1. The first-order valence-corrected chi connectivity index (χ1v) is 6.38. The summed E-state index contributed by atoms with van der Waals surface area (Å²) in [6.07, 6.45) is 0.728. The third-order valence-corrected chi connectivity index (χ3v) is 3.00. The molecule has 0 aliphatic heterocycles. The Morgan fingerprint density at radius 1 is 1.10 bits per heavy atom. The van der Waals surface area contributed by atoms with Crippen LogP contribution in [0.15, 0.2) is 42.5 Å². The molecule has 0 amide bonds. The molecule has 0 atom stereocenters. The Morgan fingerprint density at radius 2 is 1.85 bits per heavy atom. The predicted molar refractivity (Wildman–Crippen MR) is 74.5 cm³/mol. The van der Waals surface area contributed by atoms with Crippen LogP contribution in [0.25, 0.3) is 0 Å². The molecule has 20 heavy (non-hydrogen) atoms. The maximum Gasteiger partial charge on any atom is 0.125 e. The summed E-state index contributed by atoms with van der Waals surface area (Å²) >= 11 is 0. The molecule has 0 spiro atoms. The molecule has 0 saturated heterocycles. The van der Waals surface area contributed by atoms with Crippen molar-refractivity contribution in [2.24, 2.45) is 0 Å². The van der Waals surface area contributed by atoms with E-state index in [1.54, 1.807) is 7.11 Å². The molecule has 3 nitrogen and oxygen atoms in total. The van der Waals surface area contributed by atoms with Crippen LogP contribution in [-0.2, 0) is 13.0 Å². The topological polar surface area (TPSA) is 38.7 Å². The zero-order valence-electron chi connectivity index (χ0n) is 11.3. The lowest BCUT2D eigenvalue weighted by molar-refractivity contribution is 0.263. The van der Waals surface area contributed by atoms with E-state index in [0.29, 0.717) is 17.9 Å². The monoisotopic (exact) mass is 276 g/mol. The molecule has 2 rings (SSSR count). The Kier molecular flexibility index (Phi) is 4.96. The highest BCUT2D eigenvalue weighted by Gasteiger charge is 2.04. The van der Waals surface area contributed by atoms with E-state index in [4.69, 9.17) is 14.6 Å². The molecule has 0 unspecified atom stereocenters. The highest BCUT2D eigenvalue weighted by Crippen LogP contribution is 2.20. The minimum atomic E-state index is -0.378. The average molecular weight is 276 g/mol. The number of rotatable bonds is 6. The van der Waals surface area contributed by atoms with Crippen LogP contribution in [0.3, 0.4) is 0 Å². The van der Waals surface area contributed by atoms with Crippen molar-refractivity contribution < 1.29 is 19.0 Å². The Bertz CT molecular complexity index is 552. The zero-order chi connectivity index (χ0) is 14.4. The maximum atomic E-state index is 13.0. The smallest absolute Gasteiger partial charge is 0.125 e. The fraction of sp³-hybridized carbons (Fsp3) is 0.250. The summed E-state index contributed by atoms with van der Waals surface area (Å²) in [5, 5.41) is 9.16. The van der Waals surface area contributed by atoms with Gasteiger partial charge in [0.2, 0.25) is 0 Å². The summed E-state index contributed by atoms with van der Waals surface area (Å²) in [5.41, 5.74) is 1.58. The maximum absolute atomic E-state index is 13.0. The molecule has 1 N–H and O–H groups in total. The first-order chi connectivity index (χ1) is 9.72. The predicted octanol–water partition coefficient (Wildman–Crippen LogP) is 2.95. The van der Waals surface area contributed by atoms with Gasteiger partial charge >= 0.3 is 0 Å². The summed E-state index contributed by atoms with van der Waals surface area (Å²) < 4.78 is 23.7. The van der Waals surface area contributed by atoms with Crippen molar-refractivity contribution in [2.45, 2.75) is 13.0 Å². The minimum Gasteiger partial charge on any atom is -0.497 e. The molecule has 2 aromatic carbocycles. The molecule has 0 radical (unpaired) electrons. The lowest BCUT2D eigenvalue weighted by Crippen LogP contribution is -2.04. The van der Waals surface area contributed by atoms with Gasteiger partial charge in [-0.05, 0) is 35.9 Å². The number of aliphatic hydroxyl groups is 1. The van der Waals surface area contributed by atoms with E-state index in [-0.39, 0.29) is 12.4 Å². The van der Waals surface area contributed by atoms with Crippen LogP contribution in [0.2, 0.25) is 0 Å². The Labute approximate surface area is 117 Å². The molecular formula is C16H17FO3. The number of ether oxygens (including phenoxy) is 2. The Balaban J connectivity index is 1.92. The first-order valence-electron chi connectivity index (χ1n) is 6.38. The summed E-state index contributed by atoms with van der Waals surface area (Å²) in [7, 11) is 1.63. The van der Waals surface area contributed by atoms with Crippen molar-refractivity contribution in [1.29, 1.82) is 0 Å². The van der Waals surface area contributed by atoms with Crippen molar-refractivity contribution in [1.82, 2.24) is 0 Å². The normalized spacial score (nSPS) is 10.3. The lowest BCUT2D eigenvalue weighted by atomic mass is 10.1. The Hall–Kier alpha value is -2.07. The van der Waals surface area contributed by atoms with E-state index in [1.165, 1.54) is 18.2 Å². The highest BCUT2D eigenvalue weighted by atomic mass is 19.1. The molecule has 0 aliphatic rings. The van der Waals surface area contributed by atoms with Gasteiger partial charge in [0.1, 0.15) is 17.3 Å². The molecule has 0 saturated carbocycles. The van der Waals surface area contributed by atoms with Crippen LogP contribution < -0.4 is 9.47 Å². The van der Waals surface area contributed by atoms with Crippen LogP contribution in [0.5, 0.6) is 11.5 Å². The van der Waals surface area contributed by atoms with E-state index in [0.717, 1.165) is 17.7 Å². The van der Waals surface area contributed by atoms with Crippen molar-refractivity contribution in [3.05, 3.63) is 59.4 Å². The number of methoxy groups -OCH3 is 1. The molecule has 2 aromatic rings. The second-order valence-corrected chi connectivity index (χ2v) is 4.36. The minimum absolute atomic E-state index is 0.240. The molecule has 0 bridgehead atoms. The molecule has 106 valence electrons. The SMILES string of the molecule is COc1ccc(CCOc2ccc(F)cc2CO)cc1. The Morgan fingerprint density at radius 3 is 2.50 bits per heavy atom. The van der Waals surface area contributed by atoms with E-state index >= 15 is 0 Å². The van der Waals surface area contributed by atoms with Crippen molar-refractivity contribution in [2.75, 3.05) is 13.7 Å². The van der Waals surface area contributed by atoms with Gasteiger partial charge in [-0.15, -0.1) is 0 Å². The van der Waals surface area contributed by atoms with Gasteiger partial charge in [0.15, 0.2) is 0 Å². The number of hydrogen-bond acceptors (Lipinski definition) is 3. The average Bonchev–Trinajstić information content (AvgIpc) is 2.49. The van der Waals surface area contributed by atoms with Crippen molar-refractivity contribution in [3.63, 3.8) is 0 Å². The van der Waals surface area contributed by atoms with Crippen molar-refractivity contribution in [3.8, 4) is 11.5 Å². The molecule has 0 aromatic heterocycles. The van der Waals surface area contributed by atoms with Crippen LogP contribution in [0.1, 0.15) is 11.1 Å². The molecule has 0 fully saturated rings. The van der Waals surface area contributed by atoms with Gasteiger partial charge in [-0.1, -0.05) is 12.1 Å². The molecular weight excluding hydrogens is 259 g/mol. The fourth-order valence-corrected chi connectivity index (χ4v) is 1.88. The van der Waals surface area contributed by atoms with Crippen LogP contribution >= 0.6 is 0 Å². The van der Waals surface area contributed by atoms with Gasteiger partial charge in [0.25, 0.3) is 0 Å². The molecule has 4 heteroatoms. The van der Waals surface area contributed by atoms with E-state index in [9.17, 15) is 4.39 Å². The zero-order valence-corrected chi connectivity index (χ0v) is 11.3. The second kappa shape index (κ2) is 6.91. The lowest BCUT2D eigenvalue weighted by Gasteiger charge is -2.10. The molecule has 0 aliphatic carbocycles. The van der Waals surface area contributed by atoms with Crippen LogP contribution in [-0.4, -0.2) is 18.8 Å². The summed E-state index contributed by atoms with van der Waals surface area (Å²) in [6.45, 7) is 0.223. The van der Waals surface area contributed by atoms with Crippen LogP contribution in [0, 0.1) is 5.82 Å². The quantitative estimate of drug-likeness (QED) is 0.881. The largest absolute Gasteiger partial charge is 0.497 e. The third kappa shape index (κ3) is 3.71. The van der Waals surface area contributed by atoms with E-state index < -0.39 is 0 Å².